The highest BCUT2D eigenvalue weighted by atomic mass is 16.6. The van der Waals surface area contributed by atoms with Crippen LogP contribution in [0.5, 0.6) is 0 Å². The Morgan fingerprint density at radius 1 is 1.00 bits per heavy atom. The molecule has 2 aromatic carbocycles. The van der Waals surface area contributed by atoms with Crippen LogP contribution in [-0.4, -0.2) is 47.6 Å². The van der Waals surface area contributed by atoms with Crippen molar-refractivity contribution in [3.8, 4) is 0 Å². The van der Waals surface area contributed by atoms with E-state index in [9.17, 15) is 10.1 Å². The van der Waals surface area contributed by atoms with Crippen molar-refractivity contribution in [1.29, 1.82) is 0 Å². The molecule has 0 atom stereocenters. The van der Waals surface area contributed by atoms with E-state index in [1.54, 1.807) is 0 Å². The molecule has 4 rings (SSSR count). The molecule has 160 valence electrons. The molecule has 8 nitrogen and oxygen atoms in total. The highest BCUT2D eigenvalue weighted by molar-refractivity contribution is 5.76. The Kier molecular flexibility index (Phi) is 5.97. The fourth-order valence-corrected chi connectivity index (χ4v) is 4.02. The summed E-state index contributed by atoms with van der Waals surface area (Å²) in [6, 6.07) is 18.1. The minimum absolute atomic E-state index is 0.0426. The summed E-state index contributed by atoms with van der Waals surface area (Å²) < 4.78 is 0. The minimum Gasteiger partial charge on any atom is -0.368 e. The van der Waals surface area contributed by atoms with Gasteiger partial charge in [0, 0.05) is 44.1 Å². The lowest BCUT2D eigenvalue weighted by Crippen LogP contribution is -2.47. The Labute approximate surface area is 181 Å². The number of hydrogen-bond acceptors (Lipinski definition) is 7. The second-order valence-electron chi connectivity index (χ2n) is 7.52. The van der Waals surface area contributed by atoms with Gasteiger partial charge in [-0.15, -0.1) is 0 Å². The number of aromatic nitrogens is 2. The molecule has 8 heteroatoms. The van der Waals surface area contributed by atoms with Crippen molar-refractivity contribution < 1.29 is 4.92 Å². The van der Waals surface area contributed by atoms with Gasteiger partial charge in [0.1, 0.15) is 6.33 Å². The number of piperazine rings is 1. The summed E-state index contributed by atoms with van der Waals surface area (Å²) in [5.41, 5.74) is 3.09. The fourth-order valence-electron chi connectivity index (χ4n) is 4.02. The molecule has 0 radical (unpaired) electrons. The summed E-state index contributed by atoms with van der Waals surface area (Å²) in [4.78, 5) is 26.6. The number of nitro groups is 1. The van der Waals surface area contributed by atoms with E-state index < -0.39 is 0 Å². The van der Waals surface area contributed by atoms with Gasteiger partial charge >= 0.3 is 5.69 Å². The monoisotopic (exact) mass is 418 g/mol. The number of rotatable bonds is 6. The molecule has 1 saturated heterocycles. The Morgan fingerprint density at radius 2 is 1.71 bits per heavy atom. The molecule has 1 aliphatic heterocycles. The van der Waals surface area contributed by atoms with Gasteiger partial charge in [-0.05, 0) is 43.7 Å². The molecular weight excluding hydrogens is 392 g/mol. The van der Waals surface area contributed by atoms with Crippen molar-refractivity contribution >= 4 is 28.7 Å². The zero-order chi connectivity index (χ0) is 21.8. The van der Waals surface area contributed by atoms with Gasteiger partial charge in [0.2, 0.25) is 11.6 Å². The lowest BCUT2D eigenvalue weighted by molar-refractivity contribution is -0.383. The third-order valence-electron chi connectivity index (χ3n) is 5.55. The summed E-state index contributed by atoms with van der Waals surface area (Å²) >= 11 is 0. The Balaban J connectivity index is 1.64. The van der Waals surface area contributed by atoms with E-state index in [-0.39, 0.29) is 10.6 Å². The minimum atomic E-state index is -0.354. The maximum atomic E-state index is 12.2. The number of benzene rings is 2. The zero-order valence-electron chi connectivity index (χ0n) is 17.8. The van der Waals surface area contributed by atoms with E-state index in [0.29, 0.717) is 31.3 Å². The van der Waals surface area contributed by atoms with E-state index >= 15 is 0 Å². The number of para-hydroxylation sites is 1. The summed E-state index contributed by atoms with van der Waals surface area (Å²) in [6.07, 6.45) is 1.43. The SMILES string of the molecule is CCN(c1cccc(C)c1)c1ncnc(N2CCN(c3ccccc3)CC2)c1[N+](=O)[O-]. The van der Waals surface area contributed by atoms with Crippen molar-refractivity contribution in [2.24, 2.45) is 0 Å². The van der Waals surface area contributed by atoms with E-state index in [2.05, 4.69) is 27.0 Å². The van der Waals surface area contributed by atoms with Gasteiger partial charge in [-0.25, -0.2) is 9.97 Å². The van der Waals surface area contributed by atoms with Gasteiger partial charge in [0.25, 0.3) is 0 Å². The third kappa shape index (κ3) is 4.28. The van der Waals surface area contributed by atoms with Gasteiger partial charge in [-0.1, -0.05) is 30.3 Å². The quantitative estimate of drug-likeness (QED) is 0.439. The molecule has 1 aliphatic rings. The Bertz CT molecular complexity index is 1050. The number of hydrogen-bond donors (Lipinski definition) is 0. The van der Waals surface area contributed by atoms with Crippen LogP contribution in [0.4, 0.5) is 28.7 Å². The van der Waals surface area contributed by atoms with Crippen LogP contribution in [0.3, 0.4) is 0 Å². The number of aryl methyl sites for hydroxylation is 1. The van der Waals surface area contributed by atoms with Crippen LogP contribution in [0.1, 0.15) is 12.5 Å². The van der Waals surface area contributed by atoms with Crippen LogP contribution >= 0.6 is 0 Å². The molecule has 0 unspecified atom stereocenters. The molecule has 3 aromatic rings. The first-order chi connectivity index (χ1) is 15.1. The maximum absolute atomic E-state index is 12.2. The summed E-state index contributed by atoms with van der Waals surface area (Å²) in [6.45, 7) is 7.38. The summed E-state index contributed by atoms with van der Waals surface area (Å²) in [5, 5.41) is 12.2. The smallest absolute Gasteiger partial charge is 0.353 e. The van der Waals surface area contributed by atoms with Crippen molar-refractivity contribution in [2.45, 2.75) is 13.8 Å². The summed E-state index contributed by atoms with van der Waals surface area (Å²) in [5.74, 6) is 0.711. The van der Waals surface area contributed by atoms with Crippen molar-refractivity contribution in [1.82, 2.24) is 9.97 Å². The van der Waals surface area contributed by atoms with E-state index in [1.165, 1.54) is 6.33 Å². The predicted octanol–water partition coefficient (Wildman–Crippen LogP) is 4.18. The van der Waals surface area contributed by atoms with Crippen molar-refractivity contribution in [3.05, 3.63) is 76.6 Å². The standard InChI is InChI=1S/C23H26N6O2/c1-3-28(20-11-7-8-18(2)16-20)23-21(29(30)31)22(24-17-25-23)27-14-12-26(13-15-27)19-9-5-4-6-10-19/h4-11,16-17H,3,12-15H2,1-2H3. The molecule has 0 amide bonds. The van der Waals surface area contributed by atoms with Crippen LogP contribution in [-0.2, 0) is 0 Å². The average molecular weight is 419 g/mol. The van der Waals surface area contributed by atoms with Crippen molar-refractivity contribution in [3.63, 3.8) is 0 Å². The van der Waals surface area contributed by atoms with Crippen molar-refractivity contribution in [2.75, 3.05) is 47.4 Å². The van der Waals surface area contributed by atoms with Gasteiger partial charge in [0.05, 0.1) is 4.92 Å². The van der Waals surface area contributed by atoms with Crippen LogP contribution < -0.4 is 14.7 Å². The molecular formula is C23H26N6O2. The lowest BCUT2D eigenvalue weighted by Gasteiger charge is -2.36. The van der Waals surface area contributed by atoms with Gasteiger partial charge < -0.3 is 14.7 Å². The predicted molar refractivity (Wildman–Crippen MR) is 123 cm³/mol. The van der Waals surface area contributed by atoms with Gasteiger partial charge in [-0.2, -0.15) is 0 Å². The number of nitrogens with zero attached hydrogens (tertiary/aromatic N) is 6. The van der Waals surface area contributed by atoms with Crippen LogP contribution in [0, 0.1) is 17.0 Å². The van der Waals surface area contributed by atoms with E-state index in [4.69, 9.17) is 0 Å². The first-order valence-corrected chi connectivity index (χ1v) is 10.5. The van der Waals surface area contributed by atoms with E-state index in [1.807, 2.05) is 66.1 Å². The Hall–Kier alpha value is -3.68. The largest absolute Gasteiger partial charge is 0.368 e. The second kappa shape index (κ2) is 8.99. The van der Waals surface area contributed by atoms with Gasteiger partial charge in [0.15, 0.2) is 0 Å². The first kappa shape index (κ1) is 20.6. The molecule has 0 saturated carbocycles. The molecule has 0 aliphatic carbocycles. The topological polar surface area (TPSA) is 78.6 Å². The highest BCUT2D eigenvalue weighted by Crippen LogP contribution is 2.38. The molecule has 0 bridgehead atoms. The zero-order valence-corrected chi connectivity index (χ0v) is 17.8. The van der Waals surface area contributed by atoms with Gasteiger partial charge in [-0.3, -0.25) is 10.1 Å². The highest BCUT2D eigenvalue weighted by Gasteiger charge is 2.31. The van der Waals surface area contributed by atoms with Crippen LogP contribution in [0.25, 0.3) is 0 Å². The molecule has 1 aromatic heterocycles. The molecule has 1 fully saturated rings. The summed E-state index contributed by atoms with van der Waals surface area (Å²) in [7, 11) is 0. The lowest BCUT2D eigenvalue weighted by atomic mass is 10.2. The van der Waals surface area contributed by atoms with Crippen LogP contribution in [0.2, 0.25) is 0 Å². The fraction of sp³-hybridized carbons (Fsp3) is 0.304. The maximum Gasteiger partial charge on any atom is 0.353 e. The molecule has 2 heterocycles. The second-order valence-corrected chi connectivity index (χ2v) is 7.52. The average Bonchev–Trinajstić information content (AvgIpc) is 2.80. The van der Waals surface area contributed by atoms with Crippen LogP contribution in [0.15, 0.2) is 60.9 Å². The number of anilines is 4. The normalized spacial score (nSPS) is 13.9. The molecule has 31 heavy (non-hydrogen) atoms. The third-order valence-corrected chi connectivity index (χ3v) is 5.55. The molecule has 0 spiro atoms. The molecule has 0 N–H and O–H groups in total. The first-order valence-electron chi connectivity index (χ1n) is 10.5. The van der Waals surface area contributed by atoms with E-state index in [0.717, 1.165) is 30.0 Å². The Morgan fingerprint density at radius 3 is 2.35 bits per heavy atom.